The highest BCUT2D eigenvalue weighted by molar-refractivity contribution is 7.89. The number of piperidine rings is 1. The Labute approximate surface area is 172 Å². The summed E-state index contributed by atoms with van der Waals surface area (Å²) in [5.74, 6) is 0.905. The minimum absolute atomic E-state index is 0.0654. The van der Waals surface area contributed by atoms with E-state index in [0.717, 1.165) is 20.9 Å². The van der Waals surface area contributed by atoms with Gasteiger partial charge in [0.2, 0.25) is 21.7 Å². The second-order valence-electron chi connectivity index (χ2n) is 7.25. The van der Waals surface area contributed by atoms with Gasteiger partial charge in [0.25, 0.3) is 5.56 Å². The molecule has 1 aromatic carbocycles. The molecule has 158 valence electrons. The lowest BCUT2D eigenvalue weighted by Crippen LogP contribution is -2.44. The molecule has 1 fully saturated rings. The summed E-state index contributed by atoms with van der Waals surface area (Å²) in [6.45, 7) is 0.421. The van der Waals surface area contributed by atoms with Gasteiger partial charge in [-0.2, -0.15) is 9.29 Å². The summed E-state index contributed by atoms with van der Waals surface area (Å²) in [4.78, 5) is 28.3. The van der Waals surface area contributed by atoms with Crippen LogP contribution < -0.4 is 11.2 Å². The van der Waals surface area contributed by atoms with Crippen molar-refractivity contribution >= 4 is 10.0 Å². The molecule has 3 heterocycles. The summed E-state index contributed by atoms with van der Waals surface area (Å²) < 4.78 is 34.6. The lowest BCUT2D eigenvalue weighted by atomic mass is 9.98. The van der Waals surface area contributed by atoms with E-state index < -0.39 is 26.2 Å². The Morgan fingerprint density at radius 3 is 2.40 bits per heavy atom. The second kappa shape index (κ2) is 7.65. The fraction of sp³-hybridized carbons (Fsp3) is 0.368. The normalized spacial score (nSPS) is 16.1. The number of hydrogen-bond donors (Lipinski definition) is 0. The van der Waals surface area contributed by atoms with E-state index in [4.69, 9.17) is 4.52 Å². The Morgan fingerprint density at radius 1 is 1.07 bits per heavy atom. The first-order valence-electron chi connectivity index (χ1n) is 9.45. The van der Waals surface area contributed by atoms with Gasteiger partial charge in [0.15, 0.2) is 4.90 Å². The van der Waals surface area contributed by atoms with Crippen molar-refractivity contribution < 1.29 is 12.9 Å². The van der Waals surface area contributed by atoms with Crippen LogP contribution in [0.4, 0.5) is 0 Å². The zero-order valence-electron chi connectivity index (χ0n) is 16.6. The van der Waals surface area contributed by atoms with E-state index in [-0.39, 0.29) is 19.0 Å². The van der Waals surface area contributed by atoms with Crippen LogP contribution in [0, 0.1) is 0 Å². The van der Waals surface area contributed by atoms with Gasteiger partial charge < -0.3 is 9.09 Å². The summed E-state index contributed by atoms with van der Waals surface area (Å²) in [5, 5.41) is 4.02. The minimum atomic E-state index is -4.02. The zero-order valence-corrected chi connectivity index (χ0v) is 17.4. The summed E-state index contributed by atoms with van der Waals surface area (Å²) in [7, 11) is -1.35. The Bertz CT molecular complexity index is 1280. The molecule has 0 bridgehead atoms. The van der Waals surface area contributed by atoms with Gasteiger partial charge in [0.1, 0.15) is 0 Å². The summed E-state index contributed by atoms with van der Waals surface area (Å²) in [5.41, 5.74) is -0.564. The molecular formula is C19H21N5O5S. The maximum absolute atomic E-state index is 13.0. The van der Waals surface area contributed by atoms with Crippen LogP contribution in [0.1, 0.15) is 24.7 Å². The van der Waals surface area contributed by atoms with Gasteiger partial charge in [-0.1, -0.05) is 35.5 Å². The third kappa shape index (κ3) is 3.50. The molecule has 0 amide bonds. The standard InChI is InChI=1S/C19H21N5O5S/c1-22-12-15(18(25)23(2)19(22)26)30(27,28)24-10-8-14(9-11-24)17-20-16(21-29-17)13-6-4-3-5-7-13/h3-7,12,14H,8-11H2,1-2H3. The predicted molar refractivity (Wildman–Crippen MR) is 107 cm³/mol. The van der Waals surface area contributed by atoms with Crippen LogP contribution >= 0.6 is 0 Å². The van der Waals surface area contributed by atoms with E-state index in [2.05, 4.69) is 10.1 Å². The second-order valence-corrected chi connectivity index (χ2v) is 9.16. The third-order valence-corrected chi connectivity index (χ3v) is 7.19. The van der Waals surface area contributed by atoms with Gasteiger partial charge in [-0.3, -0.25) is 9.36 Å². The minimum Gasteiger partial charge on any atom is -0.339 e. The topological polar surface area (TPSA) is 120 Å². The smallest absolute Gasteiger partial charge is 0.330 e. The molecule has 3 aromatic rings. The van der Waals surface area contributed by atoms with Gasteiger partial charge >= 0.3 is 5.69 Å². The average Bonchev–Trinajstić information content (AvgIpc) is 3.26. The monoisotopic (exact) mass is 431 g/mol. The van der Waals surface area contributed by atoms with Gasteiger partial charge in [-0.05, 0) is 12.8 Å². The van der Waals surface area contributed by atoms with Crippen molar-refractivity contribution in [2.24, 2.45) is 14.1 Å². The first-order valence-corrected chi connectivity index (χ1v) is 10.9. The average molecular weight is 431 g/mol. The van der Waals surface area contributed by atoms with Crippen molar-refractivity contribution in [3.63, 3.8) is 0 Å². The van der Waals surface area contributed by atoms with Crippen molar-refractivity contribution in [2.45, 2.75) is 23.7 Å². The van der Waals surface area contributed by atoms with Crippen molar-refractivity contribution in [3.05, 3.63) is 63.3 Å². The lowest BCUT2D eigenvalue weighted by Gasteiger charge is -2.29. The highest BCUT2D eigenvalue weighted by Gasteiger charge is 2.34. The Balaban J connectivity index is 1.52. The zero-order chi connectivity index (χ0) is 21.5. The molecule has 4 rings (SSSR count). The molecule has 1 saturated heterocycles. The molecule has 1 aliphatic rings. The van der Waals surface area contributed by atoms with E-state index in [9.17, 15) is 18.0 Å². The molecule has 0 radical (unpaired) electrons. The molecule has 0 unspecified atom stereocenters. The molecule has 10 nitrogen and oxygen atoms in total. The van der Waals surface area contributed by atoms with Crippen molar-refractivity contribution in [1.82, 2.24) is 23.6 Å². The molecule has 0 N–H and O–H groups in total. The fourth-order valence-corrected chi connectivity index (χ4v) is 5.16. The number of hydrogen-bond acceptors (Lipinski definition) is 7. The molecule has 0 saturated carbocycles. The first-order chi connectivity index (χ1) is 14.3. The van der Waals surface area contributed by atoms with Gasteiger partial charge in [-0.25, -0.2) is 13.2 Å². The van der Waals surface area contributed by atoms with E-state index >= 15 is 0 Å². The van der Waals surface area contributed by atoms with Crippen LogP contribution in [-0.2, 0) is 24.1 Å². The van der Waals surface area contributed by atoms with Crippen LogP contribution in [-0.4, -0.2) is 45.1 Å². The molecular weight excluding hydrogens is 410 g/mol. The lowest BCUT2D eigenvalue weighted by molar-refractivity contribution is 0.270. The van der Waals surface area contributed by atoms with Crippen LogP contribution in [0.15, 0.2) is 55.5 Å². The Hall–Kier alpha value is -3.05. The molecule has 2 aromatic heterocycles. The van der Waals surface area contributed by atoms with Crippen LogP contribution in [0.2, 0.25) is 0 Å². The van der Waals surface area contributed by atoms with Crippen LogP contribution in [0.3, 0.4) is 0 Å². The third-order valence-electron chi connectivity index (χ3n) is 5.31. The fourth-order valence-electron chi connectivity index (χ4n) is 3.54. The van der Waals surface area contributed by atoms with Crippen LogP contribution in [0.25, 0.3) is 11.4 Å². The molecule has 0 atom stereocenters. The van der Waals surface area contributed by atoms with E-state index in [1.54, 1.807) is 0 Å². The summed E-state index contributed by atoms with van der Waals surface area (Å²) >= 11 is 0. The SMILES string of the molecule is Cn1cc(S(=O)(=O)N2CCC(c3nc(-c4ccccc4)no3)CC2)c(=O)n(C)c1=O. The number of nitrogens with zero attached hydrogens (tertiary/aromatic N) is 5. The number of benzene rings is 1. The van der Waals surface area contributed by atoms with Crippen molar-refractivity contribution in [1.29, 1.82) is 0 Å². The number of rotatable bonds is 4. The highest BCUT2D eigenvalue weighted by atomic mass is 32.2. The van der Waals surface area contributed by atoms with Crippen molar-refractivity contribution in [3.8, 4) is 11.4 Å². The first kappa shape index (κ1) is 20.2. The summed E-state index contributed by atoms with van der Waals surface area (Å²) in [6.07, 6.45) is 2.06. The highest BCUT2D eigenvalue weighted by Crippen LogP contribution is 2.30. The Kier molecular flexibility index (Phi) is 5.16. The maximum Gasteiger partial charge on any atom is 0.330 e. The molecule has 0 spiro atoms. The van der Waals surface area contributed by atoms with Gasteiger partial charge in [-0.15, -0.1) is 0 Å². The van der Waals surface area contributed by atoms with Gasteiger partial charge in [0, 0.05) is 44.9 Å². The molecule has 1 aliphatic heterocycles. The number of aryl methyl sites for hydroxylation is 1. The summed E-state index contributed by atoms with van der Waals surface area (Å²) in [6, 6.07) is 9.45. The quantitative estimate of drug-likeness (QED) is 0.596. The van der Waals surface area contributed by atoms with Crippen molar-refractivity contribution in [2.75, 3.05) is 13.1 Å². The molecule has 11 heteroatoms. The van der Waals surface area contributed by atoms with Gasteiger partial charge in [0.05, 0.1) is 0 Å². The van der Waals surface area contributed by atoms with E-state index in [1.807, 2.05) is 30.3 Å². The van der Waals surface area contributed by atoms with E-state index in [0.29, 0.717) is 24.6 Å². The predicted octanol–water partition coefficient (Wildman–Crippen LogP) is 0.702. The van der Waals surface area contributed by atoms with Crippen LogP contribution in [0.5, 0.6) is 0 Å². The number of aromatic nitrogens is 4. The largest absolute Gasteiger partial charge is 0.339 e. The van der Waals surface area contributed by atoms with E-state index in [1.165, 1.54) is 18.4 Å². The molecule has 30 heavy (non-hydrogen) atoms. The number of sulfonamides is 1. The Morgan fingerprint density at radius 2 is 1.73 bits per heavy atom. The maximum atomic E-state index is 13.0. The molecule has 0 aliphatic carbocycles.